The predicted molar refractivity (Wildman–Crippen MR) is 395 cm³/mol. The maximum atomic E-state index is 12.1. The molecule has 4 aromatic carbocycles. The van der Waals surface area contributed by atoms with Gasteiger partial charge in [0.2, 0.25) is 0 Å². The second kappa shape index (κ2) is 48.7. The maximum Gasteiger partial charge on any atom is 0.180 e. The minimum absolute atomic E-state index is 0.168. The molecule has 83 heavy (non-hydrogen) atoms. The van der Waals surface area contributed by atoms with E-state index in [9.17, 15) is 33.7 Å². The Kier molecular flexibility index (Phi) is 53.1. The second-order valence-corrected chi connectivity index (χ2v) is 39.0. The Hall–Kier alpha value is 1.000. The lowest BCUT2D eigenvalue weighted by atomic mass is 10.0. The standard InChI is InChI=1S/C12H17BrO2S.2C11H15BrO2S.C9H11BrO2S.2C5H11Br.C4H7Br.C3H7Br.C2H5Br/c1-3-10(4-2)9-16(14,15)12-7-5-11(13)6-8-12;1-11(2,3)8-15(13,14)10-6-4-9(12)5-7-10;1-9(2)7-8-15(13,14)11-5-3-10(12)4-6-11;1-7(2)13(11,12)9-5-3-8(10)4-6-9;1-5(2,3)4-6;1-5(2)3-4-6;5-3-4-1-2-4;1-2-3-4;1-2-3/h5-8,10H,3-4,9H2,1-2H3;4-7H,8H2,1-3H3;3-6,9H,7-8H2,1-2H3;3-7H,1-2H3;4H2,1-3H3;5H,3-4H2,1-2H3;4H,1-3H2;2-3H2,1H3;2H2,1H3. The fourth-order valence-corrected chi connectivity index (χ4v) is 14.3. The van der Waals surface area contributed by atoms with Crippen molar-refractivity contribution in [3.8, 4) is 0 Å². The third kappa shape index (κ3) is 50.3. The van der Waals surface area contributed by atoms with Gasteiger partial charge in [0.1, 0.15) is 0 Å². The van der Waals surface area contributed by atoms with Gasteiger partial charge < -0.3 is 0 Å². The Morgan fingerprint density at radius 3 is 0.964 bits per heavy atom. The van der Waals surface area contributed by atoms with E-state index in [1.54, 1.807) is 111 Å². The van der Waals surface area contributed by atoms with Crippen molar-refractivity contribution in [2.45, 2.75) is 181 Å². The van der Waals surface area contributed by atoms with Crippen molar-refractivity contribution in [2.24, 2.45) is 34.5 Å². The van der Waals surface area contributed by atoms with E-state index in [0.717, 1.165) is 63.9 Å². The normalized spacial score (nSPS) is 12.3. The van der Waals surface area contributed by atoms with Crippen molar-refractivity contribution < 1.29 is 33.7 Å². The Labute approximate surface area is 583 Å². The quantitative estimate of drug-likeness (QED) is 0.0953. The summed E-state index contributed by atoms with van der Waals surface area (Å²) in [6.45, 7) is 32.4. The van der Waals surface area contributed by atoms with Gasteiger partial charge in [-0.25, -0.2) is 33.7 Å². The van der Waals surface area contributed by atoms with E-state index in [1.807, 2.05) is 55.4 Å². The summed E-state index contributed by atoms with van der Waals surface area (Å²) in [5.74, 6) is 3.22. The summed E-state index contributed by atoms with van der Waals surface area (Å²) in [6, 6.07) is 27.1. The summed E-state index contributed by atoms with van der Waals surface area (Å²) in [5.41, 5.74) is 0.242. The number of benzene rings is 4. The second-order valence-electron chi connectivity index (χ2n) is 22.8. The molecule has 0 saturated heterocycles. The van der Waals surface area contributed by atoms with Crippen LogP contribution in [0.1, 0.15) is 156 Å². The molecule has 1 aliphatic rings. The molecule has 0 amide bonds. The molecule has 0 bridgehead atoms. The average molecular weight is 1820 g/mol. The fourth-order valence-electron chi connectivity index (χ4n) is 5.41. The van der Waals surface area contributed by atoms with Crippen LogP contribution in [0.4, 0.5) is 0 Å². The van der Waals surface area contributed by atoms with Gasteiger partial charge in [0.25, 0.3) is 0 Å². The Morgan fingerprint density at radius 1 is 0.458 bits per heavy atom. The molecule has 0 atom stereocenters. The van der Waals surface area contributed by atoms with Gasteiger partial charge in [-0.05, 0) is 178 Å². The molecule has 482 valence electrons. The average Bonchev–Trinajstić information content (AvgIpc) is 4.24. The molecule has 0 aromatic heterocycles. The minimum Gasteiger partial charge on any atom is -0.224 e. The highest BCUT2D eigenvalue weighted by atomic mass is 79.9. The van der Waals surface area contributed by atoms with Gasteiger partial charge in [0.05, 0.1) is 42.1 Å². The highest BCUT2D eigenvalue weighted by molar-refractivity contribution is 9.11. The number of alkyl halides is 5. The van der Waals surface area contributed by atoms with Crippen LogP contribution in [0.15, 0.2) is 135 Å². The smallest absolute Gasteiger partial charge is 0.180 e. The Morgan fingerprint density at radius 2 is 0.759 bits per heavy atom. The molecule has 0 aliphatic heterocycles. The van der Waals surface area contributed by atoms with Crippen molar-refractivity contribution >= 4 is 183 Å². The molecule has 0 unspecified atom stereocenters. The summed E-state index contributed by atoms with van der Waals surface area (Å²) < 4.78 is 98.5. The summed E-state index contributed by atoms with van der Waals surface area (Å²) >= 11 is 29.6. The predicted octanol–water partition coefficient (Wildman–Crippen LogP) is 22.7. The van der Waals surface area contributed by atoms with Gasteiger partial charge in [-0.3, -0.25) is 0 Å². The number of hydrogen-bond donors (Lipinski definition) is 0. The van der Waals surface area contributed by atoms with Crippen LogP contribution < -0.4 is 0 Å². The number of hydrogen-bond acceptors (Lipinski definition) is 8. The molecule has 1 saturated carbocycles. The molecule has 5 rings (SSSR count). The zero-order chi connectivity index (χ0) is 65.4. The van der Waals surface area contributed by atoms with Crippen LogP contribution in [0.5, 0.6) is 0 Å². The van der Waals surface area contributed by atoms with Gasteiger partial charge in [-0.15, -0.1) is 0 Å². The van der Waals surface area contributed by atoms with Crippen molar-refractivity contribution in [3.63, 3.8) is 0 Å². The number of halogens is 9. The summed E-state index contributed by atoms with van der Waals surface area (Å²) in [6.07, 6.45) is 7.98. The molecule has 8 nitrogen and oxygen atoms in total. The fraction of sp³-hybridized carbons (Fsp3) is 0.613. The van der Waals surface area contributed by atoms with E-state index < -0.39 is 39.3 Å². The summed E-state index contributed by atoms with van der Waals surface area (Å²) in [4.78, 5) is 1.60. The van der Waals surface area contributed by atoms with E-state index in [1.165, 1.54) is 31.0 Å². The molecule has 1 aliphatic carbocycles. The third-order valence-electron chi connectivity index (χ3n) is 10.7. The van der Waals surface area contributed by atoms with Crippen molar-refractivity contribution in [1.29, 1.82) is 0 Å². The first-order chi connectivity index (χ1) is 38.1. The maximum absolute atomic E-state index is 12.1. The lowest BCUT2D eigenvalue weighted by Gasteiger charge is -2.17. The number of sulfone groups is 4. The first-order valence-corrected chi connectivity index (χ1v) is 43.2. The first kappa shape index (κ1) is 90.4. The monoisotopic (exact) mass is 1810 g/mol. The van der Waals surface area contributed by atoms with E-state index in [2.05, 4.69) is 185 Å². The number of rotatable bonds is 17. The molecule has 0 spiro atoms. The van der Waals surface area contributed by atoms with Crippen molar-refractivity contribution in [1.82, 2.24) is 0 Å². The Balaban J connectivity index is -0.000000443. The molecular weight excluding hydrogens is 1720 g/mol. The van der Waals surface area contributed by atoms with Crippen molar-refractivity contribution in [2.75, 3.05) is 43.9 Å². The minimum atomic E-state index is -3.16. The van der Waals surface area contributed by atoms with Gasteiger partial charge >= 0.3 is 0 Å². The Bertz CT molecular complexity index is 2690. The van der Waals surface area contributed by atoms with Crippen molar-refractivity contribution in [3.05, 3.63) is 115 Å². The van der Waals surface area contributed by atoms with Gasteiger partial charge in [0.15, 0.2) is 39.3 Å². The molecule has 1 fully saturated rings. The summed E-state index contributed by atoms with van der Waals surface area (Å²) in [7, 11) is -12.5. The van der Waals surface area contributed by atoms with Crippen LogP contribution in [-0.4, -0.2) is 82.8 Å². The topological polar surface area (TPSA) is 137 Å². The molecule has 21 heteroatoms. The van der Waals surface area contributed by atoms with Crippen LogP contribution >= 0.6 is 143 Å². The SMILES string of the molecule is BrCC1CC1.CC(C)(C)CBr.CC(C)(C)CS(=O)(=O)c1ccc(Br)cc1.CC(C)CCBr.CC(C)CCS(=O)(=O)c1ccc(Br)cc1.CC(C)S(=O)(=O)c1ccc(Br)cc1.CCBr.CCC(CC)CS(=O)(=O)c1ccc(Br)cc1.CCCBr. The lowest BCUT2D eigenvalue weighted by Crippen LogP contribution is -2.20. The van der Waals surface area contributed by atoms with Crippen LogP contribution in [0.2, 0.25) is 0 Å². The first-order valence-electron chi connectivity index (χ1n) is 27.9. The highest BCUT2D eigenvalue weighted by Crippen LogP contribution is 2.30. The van der Waals surface area contributed by atoms with Gasteiger partial charge in [0, 0.05) is 44.5 Å². The molecular formula is C62H99Br9O8S4. The lowest BCUT2D eigenvalue weighted by molar-refractivity contribution is 0.461. The van der Waals surface area contributed by atoms with E-state index in [-0.39, 0.29) is 33.8 Å². The van der Waals surface area contributed by atoms with E-state index in [4.69, 9.17) is 0 Å². The zero-order valence-corrected chi connectivity index (χ0v) is 69.6. The van der Waals surface area contributed by atoms with Crippen LogP contribution in [-0.2, 0) is 39.3 Å². The van der Waals surface area contributed by atoms with Crippen LogP contribution in [0.3, 0.4) is 0 Å². The largest absolute Gasteiger partial charge is 0.224 e. The molecule has 0 heterocycles. The zero-order valence-electron chi connectivity index (χ0n) is 52.0. The van der Waals surface area contributed by atoms with Gasteiger partial charge in [-0.1, -0.05) is 253 Å². The van der Waals surface area contributed by atoms with Gasteiger partial charge in [-0.2, -0.15) is 0 Å². The summed E-state index contributed by atoms with van der Waals surface area (Å²) in [5, 5.41) is 5.28. The highest BCUT2D eigenvalue weighted by Gasteiger charge is 2.24. The van der Waals surface area contributed by atoms with Crippen LogP contribution in [0, 0.1) is 34.5 Å². The molecule has 4 aromatic rings. The van der Waals surface area contributed by atoms with E-state index >= 15 is 0 Å². The molecule has 0 N–H and O–H groups in total. The third-order valence-corrected chi connectivity index (χ3v) is 24.7. The molecule has 0 radical (unpaired) electrons. The van der Waals surface area contributed by atoms with Crippen LogP contribution in [0.25, 0.3) is 0 Å². The van der Waals surface area contributed by atoms with E-state index in [0.29, 0.717) is 37.3 Å².